The van der Waals surface area contributed by atoms with E-state index < -0.39 is 11.7 Å². The van der Waals surface area contributed by atoms with Gasteiger partial charge in [-0.15, -0.1) is 0 Å². The summed E-state index contributed by atoms with van der Waals surface area (Å²) in [5.74, 6) is 0.958. The molecule has 0 amide bonds. The molecule has 5 rings (SSSR count). The minimum absolute atomic E-state index is 0.00969. The van der Waals surface area contributed by atoms with Gasteiger partial charge in [-0.25, -0.2) is 0 Å². The third kappa shape index (κ3) is 6.12. The Morgan fingerprint density at radius 3 is 2.42 bits per heavy atom. The van der Waals surface area contributed by atoms with E-state index in [1.54, 1.807) is 24.3 Å². The summed E-state index contributed by atoms with van der Waals surface area (Å²) in [4.78, 5) is 2.20. The van der Waals surface area contributed by atoms with Gasteiger partial charge >= 0.3 is 6.18 Å². The van der Waals surface area contributed by atoms with Gasteiger partial charge in [0.05, 0.1) is 19.3 Å². The summed E-state index contributed by atoms with van der Waals surface area (Å²) in [6, 6.07) is 16.7. The number of hydrogen-bond acceptors (Lipinski definition) is 4. The zero-order valence-corrected chi connectivity index (χ0v) is 22.4. The number of allylic oxidation sites excluding steroid dienone is 1. The van der Waals surface area contributed by atoms with Crippen molar-refractivity contribution in [2.24, 2.45) is 0 Å². The third-order valence-corrected chi connectivity index (χ3v) is 7.67. The average Bonchev–Trinajstić information content (AvgIpc) is 3.30. The standard InChI is InChI=1S/C32H33F4NO3/c1-39-25-11-13-28(30(19-25)32(34,35)36)29-5-2-4-22-18-23(38)8-12-27(22)31(29)21-6-9-24(10-7-21)40-26-14-17-37(20-26)16-3-15-33/h6-13,18-19,26,38H,2-5,14-17,20H2,1H3. The number of phenols is 1. The Morgan fingerprint density at radius 2 is 1.70 bits per heavy atom. The van der Waals surface area contributed by atoms with Gasteiger partial charge in [0.2, 0.25) is 0 Å². The molecule has 1 unspecified atom stereocenters. The van der Waals surface area contributed by atoms with Gasteiger partial charge in [-0.1, -0.05) is 24.3 Å². The molecular formula is C32H33F4NO3. The van der Waals surface area contributed by atoms with Crippen LogP contribution in [0.1, 0.15) is 53.5 Å². The Morgan fingerprint density at radius 1 is 0.950 bits per heavy atom. The number of benzene rings is 3. The highest BCUT2D eigenvalue weighted by atomic mass is 19.4. The molecule has 1 heterocycles. The maximum atomic E-state index is 14.3. The number of halogens is 4. The van der Waals surface area contributed by atoms with E-state index in [9.17, 15) is 22.7 Å². The minimum Gasteiger partial charge on any atom is -0.508 e. The number of rotatable bonds is 8. The summed E-state index contributed by atoms with van der Waals surface area (Å²) < 4.78 is 66.7. The highest BCUT2D eigenvalue weighted by Crippen LogP contribution is 2.45. The summed E-state index contributed by atoms with van der Waals surface area (Å²) in [5.41, 5.74) is 3.19. The van der Waals surface area contributed by atoms with Gasteiger partial charge in [-0.2, -0.15) is 13.2 Å². The summed E-state index contributed by atoms with van der Waals surface area (Å²) in [7, 11) is 1.35. The molecule has 2 aliphatic rings. The van der Waals surface area contributed by atoms with Crippen LogP contribution in [-0.2, 0) is 12.6 Å². The second kappa shape index (κ2) is 11.9. The quantitative estimate of drug-likeness (QED) is 0.292. The van der Waals surface area contributed by atoms with Crippen LogP contribution < -0.4 is 9.47 Å². The van der Waals surface area contributed by atoms with E-state index in [0.717, 1.165) is 42.3 Å². The normalized spacial score (nSPS) is 18.0. The molecule has 3 aromatic rings. The second-order valence-corrected chi connectivity index (χ2v) is 10.4. The molecule has 40 heavy (non-hydrogen) atoms. The largest absolute Gasteiger partial charge is 0.508 e. The van der Waals surface area contributed by atoms with Crippen molar-refractivity contribution in [2.75, 3.05) is 33.4 Å². The minimum atomic E-state index is -4.57. The molecule has 4 nitrogen and oxygen atoms in total. The van der Waals surface area contributed by atoms with Crippen LogP contribution in [0.15, 0.2) is 60.7 Å². The third-order valence-electron chi connectivity index (χ3n) is 7.67. The van der Waals surface area contributed by atoms with Crippen molar-refractivity contribution in [3.05, 3.63) is 88.5 Å². The summed E-state index contributed by atoms with van der Waals surface area (Å²) in [6.45, 7) is 2.00. The number of aryl methyl sites for hydroxylation is 1. The van der Waals surface area contributed by atoms with Crippen molar-refractivity contribution in [2.45, 2.75) is 44.4 Å². The fourth-order valence-electron chi connectivity index (χ4n) is 5.79. The monoisotopic (exact) mass is 555 g/mol. The molecular weight excluding hydrogens is 522 g/mol. The van der Waals surface area contributed by atoms with Crippen molar-refractivity contribution in [3.8, 4) is 17.2 Å². The van der Waals surface area contributed by atoms with Crippen LogP contribution in [0.4, 0.5) is 17.6 Å². The molecule has 1 atom stereocenters. The first-order valence-corrected chi connectivity index (χ1v) is 13.6. The van der Waals surface area contributed by atoms with E-state index in [1.807, 2.05) is 24.3 Å². The number of aromatic hydroxyl groups is 1. The number of hydrogen-bond donors (Lipinski definition) is 1. The lowest BCUT2D eigenvalue weighted by molar-refractivity contribution is -0.137. The van der Waals surface area contributed by atoms with Crippen LogP contribution in [0.5, 0.6) is 17.2 Å². The Balaban J connectivity index is 1.55. The van der Waals surface area contributed by atoms with E-state index in [2.05, 4.69) is 4.90 Å². The zero-order chi connectivity index (χ0) is 28.3. The summed E-state index contributed by atoms with van der Waals surface area (Å²) in [5, 5.41) is 10.1. The fourth-order valence-corrected chi connectivity index (χ4v) is 5.79. The van der Waals surface area contributed by atoms with Gasteiger partial charge in [0.25, 0.3) is 0 Å². The molecule has 1 aliphatic heterocycles. The smallest absolute Gasteiger partial charge is 0.417 e. The molecule has 1 fully saturated rings. The lowest BCUT2D eigenvalue weighted by Gasteiger charge is -2.21. The molecule has 1 aliphatic carbocycles. The molecule has 8 heteroatoms. The van der Waals surface area contributed by atoms with E-state index in [4.69, 9.17) is 9.47 Å². The van der Waals surface area contributed by atoms with Crippen LogP contribution in [0.3, 0.4) is 0 Å². The van der Waals surface area contributed by atoms with Crippen molar-refractivity contribution in [1.29, 1.82) is 0 Å². The highest BCUT2D eigenvalue weighted by Gasteiger charge is 2.36. The fraction of sp³-hybridized carbons (Fsp3) is 0.375. The van der Waals surface area contributed by atoms with Crippen molar-refractivity contribution >= 4 is 11.1 Å². The predicted molar refractivity (Wildman–Crippen MR) is 147 cm³/mol. The van der Waals surface area contributed by atoms with Crippen molar-refractivity contribution in [3.63, 3.8) is 0 Å². The maximum absolute atomic E-state index is 14.3. The Kier molecular flexibility index (Phi) is 8.35. The van der Waals surface area contributed by atoms with E-state index in [-0.39, 0.29) is 29.8 Å². The molecule has 0 spiro atoms. The second-order valence-electron chi connectivity index (χ2n) is 10.4. The van der Waals surface area contributed by atoms with Crippen LogP contribution in [0, 0.1) is 0 Å². The molecule has 1 N–H and O–H groups in total. The lowest BCUT2D eigenvalue weighted by atomic mass is 9.86. The first-order chi connectivity index (χ1) is 19.3. The molecule has 0 bridgehead atoms. The average molecular weight is 556 g/mol. The number of alkyl halides is 4. The predicted octanol–water partition coefficient (Wildman–Crippen LogP) is 7.53. The molecule has 0 aromatic heterocycles. The Hall–Kier alpha value is -3.52. The summed E-state index contributed by atoms with van der Waals surface area (Å²) in [6.07, 6.45) is -1.47. The number of methoxy groups -OCH3 is 1. The van der Waals surface area contributed by atoms with Gasteiger partial charge < -0.3 is 14.6 Å². The molecule has 0 saturated carbocycles. The SMILES string of the molecule is COc1ccc(C2=C(c3ccc(OC4CCN(CCCF)C4)cc3)c3ccc(O)cc3CCC2)c(C(F)(F)F)c1. The number of likely N-dealkylation sites (tertiary alicyclic amines) is 1. The number of ether oxygens (including phenoxy) is 2. The van der Waals surface area contributed by atoms with Gasteiger partial charge in [0.1, 0.15) is 23.4 Å². The van der Waals surface area contributed by atoms with E-state index in [1.165, 1.54) is 13.2 Å². The van der Waals surface area contributed by atoms with Gasteiger partial charge in [0, 0.05) is 19.6 Å². The maximum Gasteiger partial charge on any atom is 0.417 e. The zero-order valence-electron chi connectivity index (χ0n) is 22.4. The van der Waals surface area contributed by atoms with Crippen LogP contribution in [-0.4, -0.2) is 49.5 Å². The van der Waals surface area contributed by atoms with Crippen LogP contribution in [0.25, 0.3) is 11.1 Å². The van der Waals surface area contributed by atoms with Crippen molar-refractivity contribution < 1.29 is 32.1 Å². The molecule has 1 saturated heterocycles. The first-order valence-electron chi connectivity index (χ1n) is 13.6. The van der Waals surface area contributed by atoms with Gasteiger partial charge in [-0.05, 0) is 102 Å². The molecule has 3 aromatic carbocycles. The van der Waals surface area contributed by atoms with Crippen LogP contribution in [0.2, 0.25) is 0 Å². The van der Waals surface area contributed by atoms with Gasteiger partial charge in [-0.3, -0.25) is 9.29 Å². The Bertz CT molecular complexity index is 1370. The number of fused-ring (bicyclic) bond motifs is 1. The Labute approximate surface area is 231 Å². The van der Waals surface area contributed by atoms with Gasteiger partial charge in [0.15, 0.2) is 0 Å². The van der Waals surface area contributed by atoms with Crippen LogP contribution >= 0.6 is 0 Å². The summed E-state index contributed by atoms with van der Waals surface area (Å²) >= 11 is 0. The molecule has 212 valence electrons. The van der Waals surface area contributed by atoms with E-state index in [0.29, 0.717) is 49.1 Å². The highest BCUT2D eigenvalue weighted by molar-refractivity contribution is 6.00. The topological polar surface area (TPSA) is 41.9 Å². The molecule has 0 radical (unpaired) electrons. The number of nitrogens with zero attached hydrogens (tertiary/aromatic N) is 1. The number of phenolic OH excluding ortho intramolecular Hbond substituents is 1. The van der Waals surface area contributed by atoms with Crippen molar-refractivity contribution in [1.82, 2.24) is 4.90 Å². The lowest BCUT2D eigenvalue weighted by Crippen LogP contribution is -2.26. The first kappa shape index (κ1) is 28.0. The van der Waals surface area contributed by atoms with E-state index >= 15 is 0 Å².